The highest BCUT2D eigenvalue weighted by Gasteiger charge is 2.23. The van der Waals surface area contributed by atoms with E-state index in [2.05, 4.69) is 0 Å². The lowest BCUT2D eigenvalue weighted by Crippen LogP contribution is -2.30. The van der Waals surface area contributed by atoms with E-state index >= 15 is 0 Å². The van der Waals surface area contributed by atoms with Gasteiger partial charge in [0.25, 0.3) is 0 Å². The van der Waals surface area contributed by atoms with Crippen molar-refractivity contribution in [1.29, 1.82) is 0 Å². The first-order valence-electron chi connectivity index (χ1n) is 6.80. The summed E-state index contributed by atoms with van der Waals surface area (Å²) in [5.41, 5.74) is 0.908. The number of aliphatic hydroxyl groups is 1. The summed E-state index contributed by atoms with van der Waals surface area (Å²) in [4.78, 5) is 0.248. The molecule has 0 atom stereocenters. The standard InChI is InChI=1S/C15H19NO4S/c1-2-16(12-14-4-3-11-20-14)21(18,19)15-7-5-13(6-8-15)9-10-17/h3-8,11,17H,2,9-10,12H2,1H3. The highest BCUT2D eigenvalue weighted by Crippen LogP contribution is 2.19. The third kappa shape index (κ3) is 3.72. The zero-order chi connectivity index (χ0) is 15.3. The Kier molecular flexibility index (Phi) is 5.17. The van der Waals surface area contributed by atoms with Crippen molar-refractivity contribution in [3.8, 4) is 0 Å². The molecule has 1 aromatic heterocycles. The summed E-state index contributed by atoms with van der Waals surface area (Å²) in [6.45, 7) is 2.41. The lowest BCUT2D eigenvalue weighted by molar-refractivity contribution is 0.299. The summed E-state index contributed by atoms with van der Waals surface area (Å²) >= 11 is 0. The van der Waals surface area contributed by atoms with E-state index < -0.39 is 10.0 Å². The van der Waals surface area contributed by atoms with Crippen LogP contribution in [-0.4, -0.2) is 31.0 Å². The van der Waals surface area contributed by atoms with Gasteiger partial charge < -0.3 is 9.52 Å². The average molecular weight is 309 g/mol. The minimum Gasteiger partial charge on any atom is -0.468 e. The molecule has 1 aromatic carbocycles. The van der Waals surface area contributed by atoms with Crippen LogP contribution < -0.4 is 0 Å². The second-order valence-electron chi connectivity index (χ2n) is 4.63. The Hall–Kier alpha value is -1.63. The van der Waals surface area contributed by atoms with E-state index in [1.807, 2.05) is 0 Å². The van der Waals surface area contributed by atoms with Crippen LogP contribution in [0.25, 0.3) is 0 Å². The molecule has 0 unspecified atom stereocenters. The summed E-state index contributed by atoms with van der Waals surface area (Å²) in [7, 11) is -3.55. The molecule has 5 nitrogen and oxygen atoms in total. The number of benzene rings is 1. The molecule has 0 amide bonds. The van der Waals surface area contributed by atoms with Gasteiger partial charge in [-0.05, 0) is 36.2 Å². The molecule has 21 heavy (non-hydrogen) atoms. The first-order chi connectivity index (χ1) is 10.1. The summed E-state index contributed by atoms with van der Waals surface area (Å²) in [6.07, 6.45) is 2.05. The maximum absolute atomic E-state index is 12.6. The number of aliphatic hydroxyl groups excluding tert-OH is 1. The number of hydrogen-bond acceptors (Lipinski definition) is 4. The van der Waals surface area contributed by atoms with Gasteiger partial charge >= 0.3 is 0 Å². The van der Waals surface area contributed by atoms with Crippen LogP contribution in [0, 0.1) is 0 Å². The van der Waals surface area contributed by atoms with Gasteiger partial charge in [0.2, 0.25) is 10.0 Å². The minimum absolute atomic E-state index is 0.0473. The molecule has 0 aliphatic rings. The van der Waals surface area contributed by atoms with E-state index in [1.165, 1.54) is 10.6 Å². The van der Waals surface area contributed by atoms with Crippen molar-refractivity contribution in [3.63, 3.8) is 0 Å². The topological polar surface area (TPSA) is 70.8 Å². The van der Waals surface area contributed by atoms with Gasteiger partial charge in [-0.15, -0.1) is 0 Å². The third-order valence-corrected chi connectivity index (χ3v) is 5.16. The molecule has 0 aliphatic heterocycles. The molecule has 1 N–H and O–H groups in total. The second kappa shape index (κ2) is 6.89. The Labute approximate surface area is 124 Å². The molecule has 2 aromatic rings. The molecule has 0 saturated heterocycles. The second-order valence-corrected chi connectivity index (χ2v) is 6.57. The molecule has 0 bridgehead atoms. The smallest absolute Gasteiger partial charge is 0.243 e. The molecule has 114 valence electrons. The zero-order valence-electron chi connectivity index (χ0n) is 11.9. The number of sulfonamides is 1. The lowest BCUT2D eigenvalue weighted by Gasteiger charge is -2.19. The van der Waals surface area contributed by atoms with Gasteiger partial charge in [0, 0.05) is 13.2 Å². The normalized spacial score (nSPS) is 12.0. The van der Waals surface area contributed by atoms with Crippen molar-refractivity contribution in [1.82, 2.24) is 4.31 Å². The molecule has 0 fully saturated rings. The van der Waals surface area contributed by atoms with E-state index in [-0.39, 0.29) is 18.0 Å². The molecular formula is C15H19NO4S. The SMILES string of the molecule is CCN(Cc1ccco1)S(=O)(=O)c1ccc(CCO)cc1. The van der Waals surface area contributed by atoms with Crippen LogP contribution in [0.1, 0.15) is 18.2 Å². The van der Waals surface area contributed by atoms with Gasteiger partial charge in [-0.25, -0.2) is 8.42 Å². The van der Waals surface area contributed by atoms with Crippen molar-refractivity contribution in [2.45, 2.75) is 24.8 Å². The lowest BCUT2D eigenvalue weighted by atomic mass is 10.2. The van der Waals surface area contributed by atoms with Crippen molar-refractivity contribution in [2.75, 3.05) is 13.2 Å². The molecular weight excluding hydrogens is 290 g/mol. The highest BCUT2D eigenvalue weighted by atomic mass is 32.2. The fraction of sp³-hybridized carbons (Fsp3) is 0.333. The average Bonchev–Trinajstić information content (AvgIpc) is 2.98. The molecule has 0 saturated carbocycles. The molecule has 0 radical (unpaired) electrons. The van der Waals surface area contributed by atoms with Crippen molar-refractivity contribution < 1.29 is 17.9 Å². The number of rotatable bonds is 7. The molecule has 6 heteroatoms. The van der Waals surface area contributed by atoms with E-state index in [4.69, 9.17) is 9.52 Å². The van der Waals surface area contributed by atoms with E-state index in [1.54, 1.807) is 43.3 Å². The first kappa shape index (κ1) is 15.8. The Bertz CT molecular complexity index is 647. The minimum atomic E-state index is -3.55. The van der Waals surface area contributed by atoms with Crippen LogP contribution in [-0.2, 0) is 23.0 Å². The summed E-state index contributed by atoms with van der Waals surface area (Å²) in [6, 6.07) is 10.1. The predicted molar refractivity (Wildman–Crippen MR) is 79.2 cm³/mol. The van der Waals surface area contributed by atoms with Crippen LogP contribution in [0.3, 0.4) is 0 Å². The molecule has 2 rings (SSSR count). The molecule has 0 aliphatic carbocycles. The quantitative estimate of drug-likeness (QED) is 0.849. The zero-order valence-corrected chi connectivity index (χ0v) is 12.7. The first-order valence-corrected chi connectivity index (χ1v) is 8.24. The van der Waals surface area contributed by atoms with Crippen LogP contribution >= 0.6 is 0 Å². The third-order valence-electron chi connectivity index (χ3n) is 3.23. The van der Waals surface area contributed by atoms with Crippen molar-refractivity contribution >= 4 is 10.0 Å². The van der Waals surface area contributed by atoms with Gasteiger partial charge in [-0.2, -0.15) is 4.31 Å². The van der Waals surface area contributed by atoms with Crippen LogP contribution in [0.15, 0.2) is 52.0 Å². The monoisotopic (exact) mass is 309 g/mol. The highest BCUT2D eigenvalue weighted by molar-refractivity contribution is 7.89. The van der Waals surface area contributed by atoms with Gasteiger partial charge in [-0.3, -0.25) is 0 Å². The van der Waals surface area contributed by atoms with E-state index in [9.17, 15) is 8.42 Å². The van der Waals surface area contributed by atoms with Crippen molar-refractivity contribution in [3.05, 3.63) is 54.0 Å². The van der Waals surface area contributed by atoms with Crippen molar-refractivity contribution in [2.24, 2.45) is 0 Å². The van der Waals surface area contributed by atoms with Crippen LogP contribution in [0.5, 0.6) is 0 Å². The van der Waals surface area contributed by atoms with Gasteiger partial charge in [-0.1, -0.05) is 19.1 Å². The van der Waals surface area contributed by atoms with Crippen LogP contribution in [0.2, 0.25) is 0 Å². The predicted octanol–water partition coefficient (Wildman–Crippen LogP) is 2.03. The fourth-order valence-corrected chi connectivity index (χ4v) is 3.46. The summed E-state index contributed by atoms with van der Waals surface area (Å²) in [5, 5.41) is 8.88. The van der Waals surface area contributed by atoms with Gasteiger partial charge in [0.15, 0.2) is 0 Å². The number of furan rings is 1. The molecule has 1 heterocycles. The Morgan fingerprint density at radius 1 is 1.19 bits per heavy atom. The summed E-state index contributed by atoms with van der Waals surface area (Å²) in [5.74, 6) is 0.609. The number of nitrogens with zero attached hydrogens (tertiary/aromatic N) is 1. The Balaban J connectivity index is 2.22. The van der Waals surface area contributed by atoms with E-state index in [0.29, 0.717) is 18.7 Å². The summed E-state index contributed by atoms with van der Waals surface area (Å²) < 4.78 is 31.8. The Morgan fingerprint density at radius 2 is 1.90 bits per heavy atom. The van der Waals surface area contributed by atoms with Crippen LogP contribution in [0.4, 0.5) is 0 Å². The van der Waals surface area contributed by atoms with E-state index in [0.717, 1.165) is 5.56 Å². The fourth-order valence-electron chi connectivity index (χ4n) is 2.05. The number of hydrogen-bond donors (Lipinski definition) is 1. The van der Waals surface area contributed by atoms with Gasteiger partial charge in [0.05, 0.1) is 17.7 Å². The molecule has 0 spiro atoms. The maximum Gasteiger partial charge on any atom is 0.243 e. The maximum atomic E-state index is 12.6. The van der Waals surface area contributed by atoms with Gasteiger partial charge in [0.1, 0.15) is 5.76 Å². The Morgan fingerprint density at radius 3 is 2.43 bits per heavy atom. The largest absolute Gasteiger partial charge is 0.468 e.